The van der Waals surface area contributed by atoms with Crippen molar-refractivity contribution < 1.29 is 4.52 Å². The maximum Gasteiger partial charge on any atom is 0.276 e. The maximum absolute atomic E-state index is 5.56. The summed E-state index contributed by atoms with van der Waals surface area (Å²) < 4.78 is 7.31. The number of aromatic nitrogens is 7. The van der Waals surface area contributed by atoms with Crippen LogP contribution in [0, 0.1) is 0 Å². The lowest BCUT2D eigenvalue weighted by molar-refractivity contribution is 0.421. The molecule has 1 aliphatic carbocycles. The van der Waals surface area contributed by atoms with Gasteiger partial charge in [-0.05, 0) is 30.5 Å². The second kappa shape index (κ2) is 5.47. The molecule has 0 aliphatic heterocycles. The molecule has 0 amide bonds. The van der Waals surface area contributed by atoms with Crippen molar-refractivity contribution in [3.05, 3.63) is 59.8 Å². The number of benzene rings is 1. The van der Waals surface area contributed by atoms with Gasteiger partial charge in [-0.15, -0.1) is 0 Å². The molecule has 27 heavy (non-hydrogen) atoms. The van der Waals surface area contributed by atoms with Crippen molar-refractivity contribution in [1.82, 2.24) is 34.9 Å². The molecule has 8 nitrogen and oxygen atoms in total. The minimum Gasteiger partial charge on any atom is -0.332 e. The van der Waals surface area contributed by atoms with Gasteiger partial charge in [-0.2, -0.15) is 15.2 Å². The lowest BCUT2D eigenvalue weighted by Gasteiger charge is -2.03. The third-order valence-corrected chi connectivity index (χ3v) is 4.93. The Kier molecular flexibility index (Phi) is 2.96. The molecule has 8 heteroatoms. The summed E-state index contributed by atoms with van der Waals surface area (Å²) in [5.74, 6) is 1.63. The van der Waals surface area contributed by atoms with Gasteiger partial charge in [0.25, 0.3) is 5.89 Å². The predicted octanol–water partition coefficient (Wildman–Crippen LogP) is 3.12. The molecule has 1 N–H and O–H groups in total. The summed E-state index contributed by atoms with van der Waals surface area (Å²) in [7, 11) is 0. The zero-order valence-electron chi connectivity index (χ0n) is 14.3. The van der Waals surface area contributed by atoms with Gasteiger partial charge in [0.15, 0.2) is 11.5 Å². The summed E-state index contributed by atoms with van der Waals surface area (Å²) >= 11 is 0. The van der Waals surface area contributed by atoms with Crippen molar-refractivity contribution in [2.45, 2.75) is 25.2 Å². The van der Waals surface area contributed by atoms with E-state index in [0.29, 0.717) is 24.1 Å². The molecule has 4 aromatic heterocycles. The highest BCUT2D eigenvalue weighted by molar-refractivity contribution is 5.78. The molecule has 6 rings (SSSR count). The maximum atomic E-state index is 5.56. The Morgan fingerprint density at radius 2 is 2.11 bits per heavy atom. The fourth-order valence-corrected chi connectivity index (χ4v) is 3.38. The number of nitrogens with zero attached hydrogens (tertiary/aromatic N) is 6. The number of hydrogen-bond donors (Lipinski definition) is 1. The van der Waals surface area contributed by atoms with Gasteiger partial charge in [0.2, 0.25) is 0 Å². The van der Waals surface area contributed by atoms with Gasteiger partial charge in [-0.25, -0.2) is 9.50 Å². The third kappa shape index (κ3) is 2.49. The number of rotatable bonds is 4. The number of hydrogen-bond acceptors (Lipinski definition) is 6. The van der Waals surface area contributed by atoms with Crippen LogP contribution in [-0.2, 0) is 6.42 Å². The molecule has 0 spiro atoms. The number of fused-ring (bicyclic) bond motifs is 2. The Labute approximate surface area is 153 Å². The highest BCUT2D eigenvalue weighted by Gasteiger charge is 2.27. The Morgan fingerprint density at radius 1 is 1.15 bits per heavy atom. The van der Waals surface area contributed by atoms with Crippen LogP contribution in [0.5, 0.6) is 0 Å². The molecule has 1 aliphatic rings. The Balaban J connectivity index is 1.37. The minimum atomic E-state index is 0.464. The van der Waals surface area contributed by atoms with Crippen molar-refractivity contribution in [3.8, 4) is 11.6 Å². The van der Waals surface area contributed by atoms with E-state index in [1.165, 1.54) is 12.8 Å². The van der Waals surface area contributed by atoms with Crippen LogP contribution in [0.1, 0.15) is 35.8 Å². The topological polar surface area (TPSA) is 97.8 Å². The van der Waals surface area contributed by atoms with Crippen molar-refractivity contribution in [2.24, 2.45) is 0 Å². The largest absolute Gasteiger partial charge is 0.332 e. The second-order valence-electron chi connectivity index (χ2n) is 6.93. The van der Waals surface area contributed by atoms with Gasteiger partial charge in [0, 0.05) is 29.5 Å². The Hall–Kier alpha value is -3.55. The van der Waals surface area contributed by atoms with Gasteiger partial charge in [0.1, 0.15) is 5.69 Å². The van der Waals surface area contributed by atoms with E-state index in [9.17, 15) is 0 Å². The number of aromatic amines is 1. The molecular formula is C19H15N7O. The zero-order valence-corrected chi connectivity index (χ0v) is 14.3. The molecule has 0 bridgehead atoms. The molecule has 0 saturated heterocycles. The van der Waals surface area contributed by atoms with Crippen LogP contribution in [0.3, 0.4) is 0 Å². The van der Waals surface area contributed by atoms with Crippen LogP contribution in [0.25, 0.3) is 28.1 Å². The van der Waals surface area contributed by atoms with Crippen LogP contribution in [-0.4, -0.2) is 34.9 Å². The van der Waals surface area contributed by atoms with E-state index in [-0.39, 0.29) is 0 Å². The van der Waals surface area contributed by atoms with Crippen LogP contribution in [0.15, 0.2) is 47.2 Å². The van der Waals surface area contributed by atoms with Crippen LogP contribution < -0.4 is 0 Å². The van der Waals surface area contributed by atoms with E-state index in [1.54, 1.807) is 10.7 Å². The highest BCUT2D eigenvalue weighted by Crippen LogP contribution is 2.40. The normalized spacial score (nSPS) is 14.4. The third-order valence-electron chi connectivity index (χ3n) is 4.93. The van der Waals surface area contributed by atoms with Crippen LogP contribution in [0.4, 0.5) is 0 Å². The van der Waals surface area contributed by atoms with Crippen LogP contribution >= 0.6 is 0 Å². The standard InChI is InChI=1S/C19H15N7O/c1-2-13-10-20-24-15(13)7-11(1)8-17-23-19(27-25-17)16-9-14(12-3-4-12)22-18-5-6-21-26(16)18/h1-2,5-7,9-10,12H,3-4,8H2,(H,20,24). The molecule has 0 unspecified atom stereocenters. The minimum absolute atomic E-state index is 0.464. The van der Waals surface area contributed by atoms with E-state index >= 15 is 0 Å². The Bertz CT molecular complexity index is 1280. The fourth-order valence-electron chi connectivity index (χ4n) is 3.38. The summed E-state index contributed by atoms with van der Waals surface area (Å²) in [6.45, 7) is 0. The summed E-state index contributed by atoms with van der Waals surface area (Å²) in [6, 6.07) is 10.1. The van der Waals surface area contributed by atoms with E-state index in [2.05, 4.69) is 42.6 Å². The van der Waals surface area contributed by atoms with Gasteiger partial charge < -0.3 is 4.52 Å². The van der Waals surface area contributed by atoms with Gasteiger partial charge in [-0.3, -0.25) is 5.10 Å². The summed E-state index contributed by atoms with van der Waals surface area (Å²) in [6.07, 6.45) is 6.49. The number of H-pyrrole nitrogens is 1. The first-order valence-corrected chi connectivity index (χ1v) is 8.93. The average Bonchev–Trinajstić information content (AvgIpc) is 3.08. The quantitative estimate of drug-likeness (QED) is 0.531. The number of nitrogens with one attached hydrogen (secondary N) is 1. The average molecular weight is 357 g/mol. The lowest BCUT2D eigenvalue weighted by Crippen LogP contribution is -2.00. The molecular weight excluding hydrogens is 342 g/mol. The van der Waals surface area contributed by atoms with E-state index in [1.807, 2.05) is 24.4 Å². The molecule has 1 fully saturated rings. The molecule has 4 heterocycles. The Morgan fingerprint density at radius 3 is 3.04 bits per heavy atom. The summed E-state index contributed by atoms with van der Waals surface area (Å²) in [4.78, 5) is 9.28. The first-order valence-electron chi connectivity index (χ1n) is 8.93. The van der Waals surface area contributed by atoms with Gasteiger partial charge in [0.05, 0.1) is 17.9 Å². The fraction of sp³-hybridized carbons (Fsp3) is 0.211. The smallest absolute Gasteiger partial charge is 0.276 e. The lowest BCUT2D eigenvalue weighted by atomic mass is 10.1. The highest BCUT2D eigenvalue weighted by atomic mass is 16.5. The first kappa shape index (κ1) is 14.6. The van der Waals surface area contributed by atoms with Crippen molar-refractivity contribution >= 4 is 16.6 Å². The van der Waals surface area contributed by atoms with Crippen LogP contribution in [0.2, 0.25) is 0 Å². The first-order chi connectivity index (χ1) is 13.3. The van der Waals surface area contributed by atoms with Crippen molar-refractivity contribution in [3.63, 3.8) is 0 Å². The summed E-state index contributed by atoms with van der Waals surface area (Å²) in [5.41, 5.74) is 4.75. The molecule has 1 aromatic carbocycles. The second-order valence-corrected chi connectivity index (χ2v) is 6.93. The zero-order chi connectivity index (χ0) is 17.8. The van der Waals surface area contributed by atoms with Gasteiger partial charge >= 0.3 is 0 Å². The molecule has 0 atom stereocenters. The van der Waals surface area contributed by atoms with Crippen molar-refractivity contribution in [2.75, 3.05) is 0 Å². The van der Waals surface area contributed by atoms with E-state index in [4.69, 9.17) is 4.52 Å². The van der Waals surface area contributed by atoms with E-state index in [0.717, 1.165) is 33.5 Å². The molecule has 132 valence electrons. The summed E-state index contributed by atoms with van der Waals surface area (Å²) in [5, 5.41) is 16.6. The molecule has 0 radical (unpaired) electrons. The predicted molar refractivity (Wildman–Crippen MR) is 97.2 cm³/mol. The molecule has 5 aromatic rings. The SMILES string of the molecule is c1cc2nc(C3CC3)cc(-c3nc(Cc4ccc5cn[nH]c5c4)no3)n2n1. The molecule has 1 saturated carbocycles. The van der Waals surface area contributed by atoms with Gasteiger partial charge in [-0.1, -0.05) is 17.3 Å². The van der Waals surface area contributed by atoms with E-state index < -0.39 is 0 Å². The monoisotopic (exact) mass is 357 g/mol. The van der Waals surface area contributed by atoms with Crippen molar-refractivity contribution in [1.29, 1.82) is 0 Å².